The third kappa shape index (κ3) is 4.30. The van der Waals surface area contributed by atoms with Crippen LogP contribution in [-0.2, 0) is 4.79 Å². The Morgan fingerprint density at radius 1 is 1.47 bits per heavy atom. The summed E-state index contributed by atoms with van der Waals surface area (Å²) >= 11 is 0. The molecule has 1 heterocycles. The molecule has 1 amide bonds. The Labute approximate surface area is 102 Å². The summed E-state index contributed by atoms with van der Waals surface area (Å²) in [7, 11) is 0. The van der Waals surface area contributed by atoms with E-state index >= 15 is 0 Å². The standard InChI is InChI=1S/C12H20N4O/c1-8(11(17)16-12(2,3)4)15-10-9(13)6-5-7-14-10/h5-8H,13H2,1-4H3,(H,14,15)(H,16,17). The van der Waals surface area contributed by atoms with E-state index in [1.807, 2.05) is 20.8 Å². The first-order chi connectivity index (χ1) is 7.79. The second kappa shape index (κ2) is 5.03. The SMILES string of the molecule is CC(Nc1ncccc1N)C(=O)NC(C)(C)C. The molecule has 0 bridgehead atoms. The van der Waals surface area contributed by atoms with Crippen molar-refractivity contribution in [3.05, 3.63) is 18.3 Å². The van der Waals surface area contributed by atoms with Crippen molar-refractivity contribution >= 4 is 17.4 Å². The van der Waals surface area contributed by atoms with Crippen molar-refractivity contribution in [1.29, 1.82) is 0 Å². The zero-order valence-corrected chi connectivity index (χ0v) is 10.7. The van der Waals surface area contributed by atoms with E-state index in [1.165, 1.54) is 0 Å². The third-order valence-corrected chi connectivity index (χ3v) is 2.08. The number of pyridine rings is 1. The molecule has 0 spiro atoms. The summed E-state index contributed by atoms with van der Waals surface area (Å²) < 4.78 is 0. The molecule has 4 N–H and O–H groups in total. The minimum absolute atomic E-state index is 0.0810. The molecule has 0 aliphatic heterocycles. The number of anilines is 2. The van der Waals surface area contributed by atoms with Crippen molar-refractivity contribution < 1.29 is 4.79 Å². The minimum Gasteiger partial charge on any atom is -0.396 e. The van der Waals surface area contributed by atoms with E-state index in [1.54, 1.807) is 25.3 Å². The third-order valence-electron chi connectivity index (χ3n) is 2.08. The number of hydrogen-bond acceptors (Lipinski definition) is 4. The molecule has 0 aliphatic rings. The van der Waals surface area contributed by atoms with Crippen molar-refractivity contribution in [3.8, 4) is 0 Å². The molecule has 1 atom stereocenters. The van der Waals surface area contributed by atoms with E-state index in [9.17, 15) is 4.79 Å². The van der Waals surface area contributed by atoms with E-state index in [0.29, 0.717) is 11.5 Å². The molecule has 1 aromatic rings. The number of carbonyl (C=O) groups excluding carboxylic acids is 1. The molecular formula is C12H20N4O. The Morgan fingerprint density at radius 2 is 2.12 bits per heavy atom. The maximum Gasteiger partial charge on any atom is 0.242 e. The fourth-order valence-corrected chi connectivity index (χ4v) is 1.29. The summed E-state index contributed by atoms with van der Waals surface area (Å²) in [5.41, 5.74) is 6.02. The van der Waals surface area contributed by atoms with Crippen molar-refractivity contribution in [2.45, 2.75) is 39.3 Å². The number of nitrogens with two attached hydrogens (primary N) is 1. The van der Waals surface area contributed by atoms with Gasteiger partial charge in [0.2, 0.25) is 5.91 Å². The van der Waals surface area contributed by atoms with Gasteiger partial charge in [0.15, 0.2) is 0 Å². The van der Waals surface area contributed by atoms with Crippen LogP contribution in [0.1, 0.15) is 27.7 Å². The lowest BCUT2D eigenvalue weighted by molar-refractivity contribution is -0.122. The molecule has 1 aromatic heterocycles. The molecule has 0 fully saturated rings. The summed E-state index contributed by atoms with van der Waals surface area (Å²) in [5.74, 6) is 0.451. The maximum atomic E-state index is 11.8. The van der Waals surface area contributed by atoms with E-state index in [2.05, 4.69) is 15.6 Å². The number of carbonyl (C=O) groups is 1. The Bertz CT molecular complexity index is 398. The zero-order valence-electron chi connectivity index (χ0n) is 10.7. The lowest BCUT2D eigenvalue weighted by atomic mass is 10.1. The van der Waals surface area contributed by atoms with Crippen LogP contribution in [0.2, 0.25) is 0 Å². The number of nitrogen functional groups attached to an aromatic ring is 1. The Balaban J connectivity index is 2.64. The molecule has 5 nitrogen and oxygen atoms in total. The van der Waals surface area contributed by atoms with Gasteiger partial charge >= 0.3 is 0 Å². The van der Waals surface area contributed by atoms with Crippen LogP contribution >= 0.6 is 0 Å². The quantitative estimate of drug-likeness (QED) is 0.740. The van der Waals surface area contributed by atoms with E-state index in [-0.39, 0.29) is 17.5 Å². The number of rotatable bonds is 3. The molecule has 0 saturated carbocycles. The van der Waals surface area contributed by atoms with Crippen LogP contribution in [0.25, 0.3) is 0 Å². The van der Waals surface area contributed by atoms with Gasteiger partial charge in [0.1, 0.15) is 11.9 Å². The number of aromatic nitrogens is 1. The summed E-state index contributed by atoms with van der Waals surface area (Å²) in [4.78, 5) is 15.9. The van der Waals surface area contributed by atoms with Gasteiger partial charge < -0.3 is 16.4 Å². The lowest BCUT2D eigenvalue weighted by Gasteiger charge is -2.24. The van der Waals surface area contributed by atoms with Gasteiger partial charge in [-0.15, -0.1) is 0 Å². The van der Waals surface area contributed by atoms with Crippen LogP contribution in [0.15, 0.2) is 18.3 Å². The Morgan fingerprint density at radius 3 is 2.65 bits per heavy atom. The maximum absolute atomic E-state index is 11.8. The smallest absolute Gasteiger partial charge is 0.242 e. The van der Waals surface area contributed by atoms with E-state index < -0.39 is 0 Å². The summed E-state index contributed by atoms with van der Waals surface area (Å²) in [6, 6.07) is 3.11. The van der Waals surface area contributed by atoms with Crippen LogP contribution in [-0.4, -0.2) is 22.5 Å². The molecule has 1 unspecified atom stereocenters. The summed E-state index contributed by atoms with van der Waals surface area (Å²) in [5, 5.41) is 5.87. The van der Waals surface area contributed by atoms with Gasteiger partial charge in [0.25, 0.3) is 0 Å². The predicted octanol–water partition coefficient (Wildman–Crippen LogP) is 1.38. The molecule has 1 rings (SSSR count). The second-order valence-electron chi connectivity index (χ2n) is 5.05. The summed E-state index contributed by atoms with van der Waals surface area (Å²) in [6.07, 6.45) is 1.63. The average molecular weight is 236 g/mol. The molecular weight excluding hydrogens is 216 g/mol. The van der Waals surface area contributed by atoms with Crippen molar-refractivity contribution in [3.63, 3.8) is 0 Å². The molecule has 94 valence electrons. The highest BCUT2D eigenvalue weighted by Gasteiger charge is 2.19. The Hall–Kier alpha value is -1.78. The highest BCUT2D eigenvalue weighted by atomic mass is 16.2. The fourth-order valence-electron chi connectivity index (χ4n) is 1.29. The fraction of sp³-hybridized carbons (Fsp3) is 0.500. The topological polar surface area (TPSA) is 80.0 Å². The van der Waals surface area contributed by atoms with Crippen molar-refractivity contribution in [1.82, 2.24) is 10.3 Å². The lowest BCUT2D eigenvalue weighted by Crippen LogP contribution is -2.47. The minimum atomic E-state index is -0.383. The molecule has 0 aliphatic carbocycles. The number of nitrogens with zero attached hydrogens (tertiary/aromatic N) is 1. The van der Waals surface area contributed by atoms with E-state index in [4.69, 9.17) is 5.73 Å². The number of nitrogens with one attached hydrogen (secondary N) is 2. The first kappa shape index (κ1) is 13.3. The Kier molecular flexibility index (Phi) is 3.93. The van der Waals surface area contributed by atoms with Gasteiger partial charge in [-0.05, 0) is 39.8 Å². The van der Waals surface area contributed by atoms with Gasteiger partial charge in [0, 0.05) is 11.7 Å². The van der Waals surface area contributed by atoms with Crippen LogP contribution in [0, 0.1) is 0 Å². The average Bonchev–Trinajstić information content (AvgIpc) is 2.18. The normalized spacial score (nSPS) is 12.9. The first-order valence-electron chi connectivity index (χ1n) is 5.58. The molecule has 0 radical (unpaired) electrons. The molecule has 17 heavy (non-hydrogen) atoms. The van der Waals surface area contributed by atoms with Gasteiger partial charge in [-0.3, -0.25) is 4.79 Å². The van der Waals surface area contributed by atoms with Crippen LogP contribution in [0.4, 0.5) is 11.5 Å². The first-order valence-corrected chi connectivity index (χ1v) is 5.58. The molecule has 5 heteroatoms. The van der Waals surface area contributed by atoms with Crippen LogP contribution in [0.5, 0.6) is 0 Å². The zero-order chi connectivity index (χ0) is 13.1. The molecule has 0 aromatic carbocycles. The number of hydrogen-bond donors (Lipinski definition) is 3. The highest BCUT2D eigenvalue weighted by Crippen LogP contribution is 2.14. The van der Waals surface area contributed by atoms with E-state index in [0.717, 1.165) is 0 Å². The van der Waals surface area contributed by atoms with Crippen LogP contribution in [0.3, 0.4) is 0 Å². The van der Waals surface area contributed by atoms with Crippen LogP contribution < -0.4 is 16.4 Å². The number of amides is 1. The second-order valence-corrected chi connectivity index (χ2v) is 5.05. The predicted molar refractivity (Wildman–Crippen MR) is 69.6 cm³/mol. The van der Waals surface area contributed by atoms with Crippen molar-refractivity contribution in [2.75, 3.05) is 11.1 Å². The monoisotopic (exact) mass is 236 g/mol. The van der Waals surface area contributed by atoms with Gasteiger partial charge in [-0.2, -0.15) is 0 Å². The highest BCUT2D eigenvalue weighted by molar-refractivity contribution is 5.85. The summed E-state index contributed by atoms with van der Waals surface area (Å²) in [6.45, 7) is 7.58. The largest absolute Gasteiger partial charge is 0.396 e. The van der Waals surface area contributed by atoms with Gasteiger partial charge in [-0.1, -0.05) is 0 Å². The van der Waals surface area contributed by atoms with Gasteiger partial charge in [-0.25, -0.2) is 4.98 Å². The molecule has 0 saturated heterocycles. The van der Waals surface area contributed by atoms with Crippen molar-refractivity contribution in [2.24, 2.45) is 0 Å². The van der Waals surface area contributed by atoms with Gasteiger partial charge in [0.05, 0.1) is 5.69 Å².